The van der Waals surface area contributed by atoms with E-state index in [1.54, 1.807) is 11.3 Å². The Kier molecular flexibility index (Phi) is 4.45. The average molecular weight is 291 g/mol. The highest BCUT2D eigenvalue weighted by Crippen LogP contribution is 2.30. The fourth-order valence-electron chi connectivity index (χ4n) is 3.39. The molecule has 3 heteroatoms. The molecule has 2 heterocycles. The molecule has 1 aromatic rings. The Morgan fingerprint density at radius 1 is 1.15 bits per heavy atom. The Balaban J connectivity index is 1.73. The quantitative estimate of drug-likeness (QED) is 0.707. The first-order chi connectivity index (χ1) is 9.74. The van der Waals surface area contributed by atoms with Crippen LogP contribution < -0.4 is 0 Å². The minimum absolute atomic E-state index is 0.289. The van der Waals surface area contributed by atoms with Gasteiger partial charge in [-0.05, 0) is 62.5 Å². The number of likely N-dealkylation sites (tertiary alicyclic amines) is 1. The van der Waals surface area contributed by atoms with Gasteiger partial charge in [-0.1, -0.05) is 13.3 Å². The van der Waals surface area contributed by atoms with Crippen molar-refractivity contribution in [3.63, 3.8) is 0 Å². The van der Waals surface area contributed by atoms with Crippen molar-refractivity contribution in [3.8, 4) is 0 Å². The summed E-state index contributed by atoms with van der Waals surface area (Å²) in [4.78, 5) is 17.3. The highest BCUT2D eigenvalue weighted by molar-refractivity contribution is 7.14. The van der Waals surface area contributed by atoms with Crippen LogP contribution in [0.2, 0.25) is 0 Å². The van der Waals surface area contributed by atoms with Crippen LogP contribution in [0, 0.1) is 5.92 Å². The van der Waals surface area contributed by atoms with Crippen LogP contribution in [-0.4, -0.2) is 23.9 Å². The van der Waals surface area contributed by atoms with Crippen LogP contribution in [0.1, 0.15) is 65.6 Å². The smallest absolute Gasteiger partial charge is 0.263 e. The van der Waals surface area contributed by atoms with Crippen molar-refractivity contribution < 1.29 is 4.79 Å². The summed E-state index contributed by atoms with van der Waals surface area (Å²) in [6, 6.07) is 2.20. The summed E-state index contributed by atoms with van der Waals surface area (Å²) in [6.45, 7) is 4.20. The molecule has 2 nitrogen and oxygen atoms in total. The Morgan fingerprint density at radius 2 is 2.00 bits per heavy atom. The number of carbonyl (C=O) groups is 1. The molecule has 3 rings (SSSR count). The van der Waals surface area contributed by atoms with E-state index in [1.807, 2.05) is 0 Å². The topological polar surface area (TPSA) is 20.3 Å². The van der Waals surface area contributed by atoms with Gasteiger partial charge in [0.2, 0.25) is 0 Å². The first kappa shape index (κ1) is 14.1. The van der Waals surface area contributed by atoms with E-state index >= 15 is 0 Å². The molecule has 0 radical (unpaired) electrons. The highest BCUT2D eigenvalue weighted by atomic mass is 32.1. The third-order valence-electron chi connectivity index (χ3n) is 4.76. The second-order valence-corrected chi connectivity index (χ2v) is 7.58. The average Bonchev–Trinajstić information content (AvgIpc) is 2.61. The fourth-order valence-corrected chi connectivity index (χ4v) is 4.62. The van der Waals surface area contributed by atoms with Crippen molar-refractivity contribution in [2.24, 2.45) is 5.92 Å². The maximum Gasteiger partial charge on any atom is 0.263 e. The van der Waals surface area contributed by atoms with E-state index in [9.17, 15) is 4.79 Å². The summed E-state index contributed by atoms with van der Waals surface area (Å²) < 4.78 is 0. The number of hydrogen-bond donors (Lipinski definition) is 0. The Hall–Kier alpha value is -0.830. The number of rotatable bonds is 1. The number of hydrogen-bond acceptors (Lipinski definition) is 2. The van der Waals surface area contributed by atoms with Gasteiger partial charge in [-0.3, -0.25) is 4.79 Å². The number of thiophene rings is 1. The SMILES string of the molecule is CC1CCCN(C(=O)c2cc3c(s2)CCCCC3)CC1. The number of aryl methyl sites for hydroxylation is 2. The van der Waals surface area contributed by atoms with Crippen molar-refractivity contribution in [1.82, 2.24) is 4.90 Å². The molecular formula is C17H25NOS. The zero-order valence-corrected chi connectivity index (χ0v) is 13.3. The first-order valence-electron chi connectivity index (χ1n) is 8.15. The molecule has 1 fully saturated rings. The van der Waals surface area contributed by atoms with E-state index in [1.165, 1.54) is 49.0 Å². The van der Waals surface area contributed by atoms with Crippen molar-refractivity contribution in [2.45, 2.75) is 58.3 Å². The van der Waals surface area contributed by atoms with E-state index in [4.69, 9.17) is 0 Å². The second-order valence-electron chi connectivity index (χ2n) is 6.45. The van der Waals surface area contributed by atoms with Crippen molar-refractivity contribution in [3.05, 3.63) is 21.4 Å². The fraction of sp³-hybridized carbons (Fsp3) is 0.706. The van der Waals surface area contributed by atoms with Crippen LogP contribution >= 0.6 is 11.3 Å². The summed E-state index contributed by atoms with van der Waals surface area (Å²) in [5.41, 5.74) is 1.46. The summed E-state index contributed by atoms with van der Waals surface area (Å²) in [5.74, 6) is 1.06. The molecule has 0 spiro atoms. The van der Waals surface area contributed by atoms with Crippen LogP contribution in [0.3, 0.4) is 0 Å². The molecule has 0 N–H and O–H groups in total. The van der Waals surface area contributed by atoms with Gasteiger partial charge >= 0.3 is 0 Å². The van der Waals surface area contributed by atoms with Crippen LogP contribution in [0.5, 0.6) is 0 Å². The van der Waals surface area contributed by atoms with Crippen LogP contribution in [0.4, 0.5) is 0 Å². The van der Waals surface area contributed by atoms with Gasteiger partial charge in [0.15, 0.2) is 0 Å². The van der Waals surface area contributed by atoms with E-state index in [0.29, 0.717) is 0 Å². The Morgan fingerprint density at radius 3 is 2.90 bits per heavy atom. The van der Waals surface area contributed by atoms with Crippen molar-refractivity contribution in [1.29, 1.82) is 0 Å². The predicted octanol–water partition coefficient (Wildman–Crippen LogP) is 4.28. The maximum absolute atomic E-state index is 12.7. The molecule has 1 aliphatic carbocycles. The number of carbonyl (C=O) groups excluding carboxylic acids is 1. The lowest BCUT2D eigenvalue weighted by atomic mass is 10.0. The van der Waals surface area contributed by atoms with E-state index in [2.05, 4.69) is 17.9 Å². The molecule has 1 unspecified atom stereocenters. The van der Waals surface area contributed by atoms with Crippen LogP contribution in [-0.2, 0) is 12.8 Å². The van der Waals surface area contributed by atoms with Gasteiger partial charge in [-0.2, -0.15) is 0 Å². The molecule has 1 aromatic heterocycles. The zero-order valence-electron chi connectivity index (χ0n) is 12.5. The first-order valence-corrected chi connectivity index (χ1v) is 8.96. The van der Waals surface area contributed by atoms with Gasteiger partial charge in [-0.25, -0.2) is 0 Å². The molecule has 20 heavy (non-hydrogen) atoms. The number of amides is 1. The van der Waals surface area contributed by atoms with Gasteiger partial charge in [-0.15, -0.1) is 11.3 Å². The molecule has 1 saturated heterocycles. The molecule has 1 atom stereocenters. The lowest BCUT2D eigenvalue weighted by Crippen LogP contribution is -2.31. The summed E-state index contributed by atoms with van der Waals surface area (Å²) in [6.07, 6.45) is 9.88. The molecule has 110 valence electrons. The third kappa shape index (κ3) is 3.08. The molecule has 0 aromatic carbocycles. The minimum Gasteiger partial charge on any atom is -0.338 e. The summed E-state index contributed by atoms with van der Waals surface area (Å²) >= 11 is 1.77. The predicted molar refractivity (Wildman–Crippen MR) is 84.5 cm³/mol. The van der Waals surface area contributed by atoms with Crippen molar-refractivity contribution in [2.75, 3.05) is 13.1 Å². The molecule has 1 amide bonds. The monoisotopic (exact) mass is 291 g/mol. The summed E-state index contributed by atoms with van der Waals surface area (Å²) in [5, 5.41) is 0. The van der Waals surface area contributed by atoms with E-state index in [0.717, 1.165) is 36.7 Å². The van der Waals surface area contributed by atoms with Gasteiger partial charge in [0.05, 0.1) is 4.88 Å². The lowest BCUT2D eigenvalue weighted by molar-refractivity contribution is 0.0765. The van der Waals surface area contributed by atoms with Gasteiger partial charge in [0.25, 0.3) is 5.91 Å². The maximum atomic E-state index is 12.7. The molecule has 0 saturated carbocycles. The molecule has 2 aliphatic rings. The van der Waals surface area contributed by atoms with Gasteiger partial charge in [0, 0.05) is 18.0 Å². The zero-order chi connectivity index (χ0) is 13.9. The Labute approximate surface area is 126 Å². The number of fused-ring (bicyclic) bond motifs is 1. The van der Waals surface area contributed by atoms with Gasteiger partial charge in [0.1, 0.15) is 0 Å². The molecule has 0 bridgehead atoms. The van der Waals surface area contributed by atoms with Crippen LogP contribution in [0.25, 0.3) is 0 Å². The summed E-state index contributed by atoms with van der Waals surface area (Å²) in [7, 11) is 0. The minimum atomic E-state index is 0.289. The van der Waals surface area contributed by atoms with Gasteiger partial charge < -0.3 is 4.90 Å². The standard InChI is InChI=1S/C17H25NOS/c1-13-6-5-10-18(11-9-13)17(19)16-12-14-7-3-2-4-8-15(14)20-16/h12-13H,2-11H2,1H3. The van der Waals surface area contributed by atoms with Crippen molar-refractivity contribution >= 4 is 17.2 Å². The third-order valence-corrected chi connectivity index (χ3v) is 5.99. The normalized spacial score (nSPS) is 23.9. The molecular weight excluding hydrogens is 266 g/mol. The van der Waals surface area contributed by atoms with E-state index in [-0.39, 0.29) is 5.91 Å². The number of nitrogens with zero attached hydrogens (tertiary/aromatic N) is 1. The van der Waals surface area contributed by atoms with Crippen LogP contribution in [0.15, 0.2) is 6.07 Å². The molecule has 1 aliphatic heterocycles. The highest BCUT2D eigenvalue weighted by Gasteiger charge is 2.23. The lowest BCUT2D eigenvalue weighted by Gasteiger charge is -2.19. The second kappa shape index (κ2) is 6.30. The van der Waals surface area contributed by atoms with E-state index < -0.39 is 0 Å². The largest absolute Gasteiger partial charge is 0.338 e. The Bertz CT molecular complexity index is 456.